The Kier molecular flexibility index (Phi) is 7.71. The third kappa shape index (κ3) is 5.71. The highest BCUT2D eigenvalue weighted by Gasteiger charge is 2.23. The van der Waals surface area contributed by atoms with E-state index in [0.29, 0.717) is 13.1 Å². The van der Waals surface area contributed by atoms with Gasteiger partial charge in [0.05, 0.1) is 11.9 Å². The molecule has 0 spiro atoms. The van der Waals surface area contributed by atoms with Gasteiger partial charge in [-0.1, -0.05) is 60.7 Å². The van der Waals surface area contributed by atoms with Crippen LogP contribution in [0.1, 0.15) is 65.1 Å². The van der Waals surface area contributed by atoms with Gasteiger partial charge in [-0.25, -0.2) is 4.68 Å². The molecule has 1 atom stereocenters. The number of aliphatic carboxylic acids is 1. The molecule has 0 saturated heterocycles. The molecule has 0 bridgehead atoms. The van der Waals surface area contributed by atoms with Crippen LogP contribution in [0.5, 0.6) is 0 Å². The molecule has 192 valence electrons. The molecule has 0 saturated carbocycles. The van der Waals surface area contributed by atoms with Crippen molar-refractivity contribution in [3.05, 3.63) is 93.5 Å². The van der Waals surface area contributed by atoms with Gasteiger partial charge in [0.2, 0.25) is 5.91 Å². The summed E-state index contributed by atoms with van der Waals surface area (Å²) in [5.41, 5.74) is 8.86. The summed E-state index contributed by atoms with van der Waals surface area (Å²) in [5.74, 6) is -1.22. The Labute approximate surface area is 217 Å². The van der Waals surface area contributed by atoms with Crippen LogP contribution in [0.15, 0.2) is 54.6 Å². The molecule has 0 aliphatic rings. The summed E-state index contributed by atoms with van der Waals surface area (Å²) in [5, 5.41) is 18.2. The SMILES string of the molecule is CCc1ccc(CN(Cc2cc(C(CC(=O)O)c3ccc4c(nnn4C)c3C)ccc2C)C(C)=O)cc1. The molecule has 0 aliphatic carbocycles. The molecular formula is C30H34N4O3. The minimum absolute atomic E-state index is 0.00425. The molecule has 1 aromatic heterocycles. The molecule has 1 unspecified atom stereocenters. The summed E-state index contributed by atoms with van der Waals surface area (Å²) in [6, 6.07) is 18.4. The Hall–Kier alpha value is -4.00. The van der Waals surface area contributed by atoms with Crippen LogP contribution in [-0.2, 0) is 36.1 Å². The molecule has 4 aromatic rings. The van der Waals surface area contributed by atoms with Gasteiger partial charge >= 0.3 is 5.97 Å². The lowest BCUT2D eigenvalue weighted by Gasteiger charge is -2.24. The van der Waals surface area contributed by atoms with Gasteiger partial charge in [-0.15, -0.1) is 5.10 Å². The zero-order valence-corrected chi connectivity index (χ0v) is 22.2. The van der Waals surface area contributed by atoms with Crippen LogP contribution in [0.2, 0.25) is 0 Å². The van der Waals surface area contributed by atoms with E-state index >= 15 is 0 Å². The van der Waals surface area contributed by atoms with Crippen molar-refractivity contribution in [2.24, 2.45) is 7.05 Å². The van der Waals surface area contributed by atoms with Crippen molar-refractivity contribution in [1.29, 1.82) is 0 Å². The number of benzene rings is 3. The van der Waals surface area contributed by atoms with E-state index in [9.17, 15) is 14.7 Å². The summed E-state index contributed by atoms with van der Waals surface area (Å²) < 4.78 is 1.72. The third-order valence-electron chi connectivity index (χ3n) is 7.22. The average molecular weight is 499 g/mol. The molecule has 1 N–H and O–H groups in total. The second kappa shape index (κ2) is 10.9. The number of nitrogens with zero attached hydrogens (tertiary/aromatic N) is 4. The smallest absolute Gasteiger partial charge is 0.304 e. The Morgan fingerprint density at radius 2 is 1.70 bits per heavy atom. The van der Waals surface area contributed by atoms with E-state index < -0.39 is 5.97 Å². The first-order valence-electron chi connectivity index (χ1n) is 12.6. The van der Waals surface area contributed by atoms with Crippen molar-refractivity contribution in [2.45, 2.75) is 59.5 Å². The van der Waals surface area contributed by atoms with Crippen LogP contribution in [0.4, 0.5) is 0 Å². The van der Waals surface area contributed by atoms with Gasteiger partial charge in [0.15, 0.2) is 0 Å². The monoisotopic (exact) mass is 498 g/mol. The fourth-order valence-corrected chi connectivity index (χ4v) is 4.87. The topological polar surface area (TPSA) is 88.3 Å². The van der Waals surface area contributed by atoms with E-state index in [1.807, 2.05) is 50.1 Å². The second-order valence-electron chi connectivity index (χ2n) is 9.74. The Morgan fingerprint density at radius 1 is 1.00 bits per heavy atom. The van der Waals surface area contributed by atoms with E-state index in [1.165, 1.54) is 5.56 Å². The van der Waals surface area contributed by atoms with E-state index in [1.54, 1.807) is 11.6 Å². The van der Waals surface area contributed by atoms with Crippen LogP contribution in [0.3, 0.4) is 0 Å². The third-order valence-corrected chi connectivity index (χ3v) is 7.22. The lowest BCUT2D eigenvalue weighted by molar-refractivity contribution is -0.137. The summed E-state index contributed by atoms with van der Waals surface area (Å²) in [4.78, 5) is 26.3. The van der Waals surface area contributed by atoms with Crippen LogP contribution in [0.25, 0.3) is 11.0 Å². The molecule has 37 heavy (non-hydrogen) atoms. The normalized spacial score (nSPS) is 12.0. The number of aryl methyl sites for hydroxylation is 4. The van der Waals surface area contributed by atoms with Crippen LogP contribution in [-0.4, -0.2) is 36.9 Å². The van der Waals surface area contributed by atoms with Crippen LogP contribution >= 0.6 is 0 Å². The highest BCUT2D eigenvalue weighted by molar-refractivity contribution is 5.80. The fraction of sp³-hybridized carbons (Fsp3) is 0.333. The van der Waals surface area contributed by atoms with Crippen LogP contribution in [0, 0.1) is 13.8 Å². The van der Waals surface area contributed by atoms with Gasteiger partial charge in [-0.2, -0.15) is 0 Å². The minimum Gasteiger partial charge on any atom is -0.481 e. The van der Waals surface area contributed by atoms with Gasteiger partial charge in [-0.05, 0) is 65.3 Å². The fourth-order valence-electron chi connectivity index (χ4n) is 4.87. The summed E-state index contributed by atoms with van der Waals surface area (Å²) in [6.45, 7) is 8.67. The first-order chi connectivity index (χ1) is 17.7. The van der Waals surface area contributed by atoms with Crippen LogP contribution < -0.4 is 0 Å². The molecule has 7 nitrogen and oxygen atoms in total. The highest BCUT2D eigenvalue weighted by Crippen LogP contribution is 2.34. The molecule has 7 heteroatoms. The number of hydrogen-bond acceptors (Lipinski definition) is 4. The maximum atomic E-state index is 12.6. The van der Waals surface area contributed by atoms with E-state index in [2.05, 4.69) is 47.6 Å². The minimum atomic E-state index is -0.869. The molecule has 0 aliphatic heterocycles. The number of carboxylic acid groups (broad SMARTS) is 1. The van der Waals surface area contributed by atoms with E-state index in [0.717, 1.165) is 50.8 Å². The number of amides is 1. The van der Waals surface area contributed by atoms with Gasteiger partial charge in [-0.3, -0.25) is 9.59 Å². The quantitative estimate of drug-likeness (QED) is 0.338. The summed E-state index contributed by atoms with van der Waals surface area (Å²) in [7, 11) is 1.84. The number of carboxylic acids is 1. The van der Waals surface area contributed by atoms with Crippen molar-refractivity contribution in [2.75, 3.05) is 0 Å². The summed E-state index contributed by atoms with van der Waals surface area (Å²) in [6.07, 6.45) is 0.929. The molecular weight excluding hydrogens is 464 g/mol. The van der Waals surface area contributed by atoms with Gasteiger partial charge in [0.1, 0.15) is 5.52 Å². The zero-order chi connectivity index (χ0) is 26.7. The predicted octanol–water partition coefficient (Wildman–Crippen LogP) is 5.30. The maximum absolute atomic E-state index is 12.6. The first-order valence-corrected chi connectivity index (χ1v) is 12.6. The van der Waals surface area contributed by atoms with Crippen molar-refractivity contribution >= 4 is 22.9 Å². The Morgan fingerprint density at radius 3 is 2.35 bits per heavy atom. The van der Waals surface area contributed by atoms with E-state index in [-0.39, 0.29) is 18.2 Å². The van der Waals surface area contributed by atoms with Crippen molar-refractivity contribution in [1.82, 2.24) is 19.9 Å². The van der Waals surface area contributed by atoms with Gasteiger partial charge < -0.3 is 10.0 Å². The number of hydrogen-bond donors (Lipinski definition) is 1. The molecule has 3 aromatic carbocycles. The lowest BCUT2D eigenvalue weighted by atomic mass is 9.84. The average Bonchev–Trinajstić information content (AvgIpc) is 3.25. The van der Waals surface area contributed by atoms with Crippen molar-refractivity contribution in [3.63, 3.8) is 0 Å². The molecule has 0 radical (unpaired) electrons. The number of rotatable bonds is 9. The number of fused-ring (bicyclic) bond motifs is 1. The van der Waals surface area contributed by atoms with Crippen molar-refractivity contribution < 1.29 is 14.7 Å². The molecule has 1 heterocycles. The maximum Gasteiger partial charge on any atom is 0.304 e. The van der Waals surface area contributed by atoms with E-state index in [4.69, 9.17) is 0 Å². The standard InChI is InChI=1S/C30H34N4O3/c1-6-22-8-10-23(11-9-22)17-34(21(4)35)18-25-15-24(12-7-19(25)2)27(16-29(36)37)26-13-14-28-30(20(26)3)31-32-33(28)5/h7-15,27H,6,16-18H2,1-5H3,(H,36,37). The Bertz CT molecular complexity index is 1440. The van der Waals surface area contributed by atoms with Crippen molar-refractivity contribution in [3.8, 4) is 0 Å². The molecule has 4 rings (SSSR count). The van der Waals surface area contributed by atoms with Gasteiger partial charge in [0, 0.05) is 33.0 Å². The molecule has 1 amide bonds. The molecule has 0 fully saturated rings. The largest absolute Gasteiger partial charge is 0.481 e. The number of aromatic nitrogens is 3. The highest BCUT2D eigenvalue weighted by atomic mass is 16.4. The number of carbonyl (C=O) groups is 2. The first kappa shape index (κ1) is 26.1. The van der Waals surface area contributed by atoms with Gasteiger partial charge in [0.25, 0.3) is 0 Å². The number of carbonyl (C=O) groups excluding carboxylic acids is 1. The lowest BCUT2D eigenvalue weighted by Crippen LogP contribution is -2.28. The predicted molar refractivity (Wildman–Crippen MR) is 144 cm³/mol. The second-order valence-corrected chi connectivity index (χ2v) is 9.74. The summed E-state index contributed by atoms with van der Waals surface area (Å²) >= 11 is 0. The zero-order valence-electron chi connectivity index (χ0n) is 22.2. The Balaban J connectivity index is 1.68.